The number of aliphatic hydroxyl groups is 1. The van der Waals surface area contributed by atoms with Crippen molar-refractivity contribution in [2.75, 3.05) is 20.3 Å². The van der Waals surface area contributed by atoms with Crippen molar-refractivity contribution in [3.05, 3.63) is 28.8 Å². The minimum absolute atomic E-state index is 0.0632. The maximum atomic E-state index is 11.4. The van der Waals surface area contributed by atoms with Gasteiger partial charge >= 0.3 is 0 Å². The lowest BCUT2D eigenvalue weighted by Crippen LogP contribution is -2.31. The van der Waals surface area contributed by atoms with Crippen molar-refractivity contribution in [1.82, 2.24) is 5.32 Å². The number of benzene rings is 1. The van der Waals surface area contributed by atoms with Crippen LogP contribution in [0.1, 0.15) is 61.9 Å². The van der Waals surface area contributed by atoms with Crippen LogP contribution < -0.4 is 10.1 Å². The molecule has 122 valence electrons. The molecule has 2 N–H and O–H groups in total. The molecule has 0 bridgehead atoms. The van der Waals surface area contributed by atoms with Crippen LogP contribution in [0, 0.1) is 0 Å². The molecule has 0 radical (unpaired) electrons. The van der Waals surface area contributed by atoms with Crippen LogP contribution in [-0.2, 0) is 9.53 Å². The highest BCUT2D eigenvalue weighted by Gasteiger charge is 2.28. The first-order valence-corrected chi connectivity index (χ1v) is 7.68. The average Bonchev–Trinajstić information content (AvgIpc) is 2.46. The minimum Gasteiger partial charge on any atom is -0.493 e. The lowest BCUT2D eigenvalue weighted by Gasteiger charge is -2.30. The molecule has 1 aromatic rings. The zero-order valence-corrected chi connectivity index (χ0v) is 13.7. The number of amides is 1. The van der Waals surface area contributed by atoms with Crippen LogP contribution in [0.15, 0.2) is 12.1 Å². The first-order chi connectivity index (χ1) is 10.4. The Balaban J connectivity index is 2.50. The second-order valence-corrected chi connectivity index (χ2v) is 6.04. The van der Waals surface area contributed by atoms with Gasteiger partial charge < -0.3 is 19.9 Å². The summed E-state index contributed by atoms with van der Waals surface area (Å²) < 4.78 is 10.9. The van der Waals surface area contributed by atoms with E-state index in [2.05, 4.69) is 25.2 Å². The number of ether oxygens (including phenoxy) is 2. The number of carbonyl (C=O) groups is 1. The number of hydrogen-bond acceptors (Lipinski definition) is 4. The lowest BCUT2D eigenvalue weighted by atomic mass is 9.89. The monoisotopic (exact) mass is 307 g/mol. The molecular weight excluding hydrogens is 282 g/mol. The Bertz CT molecular complexity index is 542. The summed E-state index contributed by atoms with van der Waals surface area (Å²) in [6.45, 7) is 6.45. The molecule has 5 heteroatoms. The van der Waals surface area contributed by atoms with E-state index in [1.54, 1.807) is 7.11 Å². The number of fused-ring (bicyclic) bond motifs is 1. The summed E-state index contributed by atoms with van der Waals surface area (Å²) in [6, 6.07) is 3.97. The molecule has 0 saturated carbocycles. The van der Waals surface area contributed by atoms with Crippen LogP contribution in [0.5, 0.6) is 5.75 Å². The molecule has 2 rings (SSSR count). The van der Waals surface area contributed by atoms with Gasteiger partial charge in [-0.05, 0) is 23.6 Å². The number of nitrogens with one attached hydrogen (secondary N) is 1. The Morgan fingerprint density at radius 3 is 2.82 bits per heavy atom. The Morgan fingerprint density at radius 2 is 2.23 bits per heavy atom. The second kappa shape index (κ2) is 7.11. The van der Waals surface area contributed by atoms with Gasteiger partial charge in [-0.25, -0.2) is 0 Å². The van der Waals surface area contributed by atoms with Gasteiger partial charge in [0.05, 0.1) is 19.3 Å². The zero-order valence-electron chi connectivity index (χ0n) is 13.7. The Labute approximate surface area is 131 Å². The van der Waals surface area contributed by atoms with E-state index in [4.69, 9.17) is 9.47 Å². The van der Waals surface area contributed by atoms with Crippen molar-refractivity contribution in [2.45, 2.75) is 45.3 Å². The maximum absolute atomic E-state index is 11.4. The van der Waals surface area contributed by atoms with Crippen molar-refractivity contribution in [3.8, 4) is 5.75 Å². The van der Waals surface area contributed by atoms with Crippen molar-refractivity contribution in [1.29, 1.82) is 0 Å². The first kappa shape index (κ1) is 16.8. The van der Waals surface area contributed by atoms with Crippen LogP contribution >= 0.6 is 0 Å². The fraction of sp³-hybridized carbons (Fsp3) is 0.588. The summed E-state index contributed by atoms with van der Waals surface area (Å²) in [6.07, 6.45) is -0.0120. The normalized spacial score (nSPS) is 18.5. The Morgan fingerprint density at radius 1 is 1.50 bits per heavy atom. The third-order valence-electron chi connectivity index (χ3n) is 3.92. The molecule has 0 spiro atoms. The fourth-order valence-corrected chi connectivity index (χ4v) is 2.78. The predicted molar refractivity (Wildman–Crippen MR) is 84.0 cm³/mol. The van der Waals surface area contributed by atoms with Gasteiger partial charge in [0.1, 0.15) is 11.9 Å². The average molecular weight is 307 g/mol. The summed E-state index contributed by atoms with van der Waals surface area (Å²) in [5.74, 6) is 0.935. The quantitative estimate of drug-likeness (QED) is 0.877. The Kier molecular flexibility index (Phi) is 5.42. The van der Waals surface area contributed by atoms with E-state index in [0.717, 1.165) is 23.1 Å². The number of carbonyl (C=O) groups excluding carboxylic acids is 1. The second-order valence-electron chi connectivity index (χ2n) is 6.04. The van der Waals surface area contributed by atoms with E-state index in [9.17, 15) is 9.90 Å². The van der Waals surface area contributed by atoms with E-state index in [1.807, 2.05) is 6.07 Å². The van der Waals surface area contributed by atoms with Crippen LogP contribution in [0.2, 0.25) is 0 Å². The summed E-state index contributed by atoms with van der Waals surface area (Å²) in [4.78, 5) is 11.4. The molecule has 1 heterocycles. The maximum Gasteiger partial charge on any atom is 0.217 e. The molecule has 0 fully saturated rings. The number of methoxy groups -OCH3 is 1. The van der Waals surface area contributed by atoms with Gasteiger partial charge in [-0.1, -0.05) is 13.8 Å². The largest absolute Gasteiger partial charge is 0.493 e. The molecule has 1 aromatic carbocycles. The van der Waals surface area contributed by atoms with E-state index in [1.165, 1.54) is 6.92 Å². The Hall–Kier alpha value is -1.59. The molecule has 1 amide bonds. The van der Waals surface area contributed by atoms with Gasteiger partial charge in [-0.2, -0.15) is 0 Å². The highest BCUT2D eigenvalue weighted by Crippen LogP contribution is 2.40. The molecule has 2 unspecified atom stereocenters. The summed E-state index contributed by atoms with van der Waals surface area (Å²) in [5.41, 5.74) is 2.79. The molecule has 2 atom stereocenters. The highest BCUT2D eigenvalue weighted by molar-refractivity contribution is 5.73. The number of hydrogen-bond donors (Lipinski definition) is 2. The van der Waals surface area contributed by atoms with Gasteiger partial charge in [-0.15, -0.1) is 0 Å². The molecule has 0 saturated heterocycles. The van der Waals surface area contributed by atoms with Crippen molar-refractivity contribution < 1.29 is 19.4 Å². The standard InChI is InChI=1S/C17H25NO4/c1-10(2)12-7-13-15(18-11(3)19)5-6-22-17(13)14(8-12)16(20)9-21-4/h7-8,10,15-16,20H,5-6,9H2,1-4H3,(H,18,19). The van der Waals surface area contributed by atoms with Gasteiger partial charge in [-0.3, -0.25) is 4.79 Å². The van der Waals surface area contributed by atoms with E-state index >= 15 is 0 Å². The minimum atomic E-state index is -0.742. The number of aliphatic hydroxyl groups excluding tert-OH is 1. The number of rotatable bonds is 5. The van der Waals surface area contributed by atoms with Gasteiger partial charge in [0, 0.05) is 31.6 Å². The fourth-order valence-electron chi connectivity index (χ4n) is 2.78. The predicted octanol–water partition coefficient (Wildman–Crippen LogP) is 2.45. The molecule has 22 heavy (non-hydrogen) atoms. The van der Waals surface area contributed by atoms with Gasteiger partial charge in [0.25, 0.3) is 0 Å². The van der Waals surface area contributed by atoms with Gasteiger partial charge in [0.15, 0.2) is 0 Å². The summed E-state index contributed by atoms with van der Waals surface area (Å²) in [5, 5.41) is 13.3. The van der Waals surface area contributed by atoms with Crippen LogP contribution in [0.3, 0.4) is 0 Å². The van der Waals surface area contributed by atoms with Crippen LogP contribution in [0.4, 0.5) is 0 Å². The lowest BCUT2D eigenvalue weighted by molar-refractivity contribution is -0.119. The smallest absolute Gasteiger partial charge is 0.217 e. The first-order valence-electron chi connectivity index (χ1n) is 7.68. The van der Waals surface area contributed by atoms with Crippen LogP contribution in [-0.4, -0.2) is 31.3 Å². The molecule has 0 aliphatic carbocycles. The van der Waals surface area contributed by atoms with E-state index < -0.39 is 6.10 Å². The van der Waals surface area contributed by atoms with E-state index in [-0.39, 0.29) is 18.6 Å². The zero-order chi connectivity index (χ0) is 16.3. The van der Waals surface area contributed by atoms with E-state index in [0.29, 0.717) is 18.3 Å². The molecular formula is C17H25NO4. The SMILES string of the molecule is COCC(O)c1cc(C(C)C)cc2c1OCCC2NC(C)=O. The highest BCUT2D eigenvalue weighted by atomic mass is 16.5. The molecule has 1 aliphatic rings. The summed E-state index contributed by atoms with van der Waals surface area (Å²) in [7, 11) is 1.56. The van der Waals surface area contributed by atoms with Crippen molar-refractivity contribution in [3.63, 3.8) is 0 Å². The molecule has 5 nitrogen and oxygen atoms in total. The summed E-state index contributed by atoms with van der Waals surface area (Å²) >= 11 is 0. The van der Waals surface area contributed by atoms with Gasteiger partial charge in [0.2, 0.25) is 5.91 Å². The van der Waals surface area contributed by atoms with Crippen molar-refractivity contribution >= 4 is 5.91 Å². The van der Waals surface area contributed by atoms with Crippen LogP contribution in [0.25, 0.3) is 0 Å². The molecule has 0 aromatic heterocycles. The van der Waals surface area contributed by atoms with Crippen molar-refractivity contribution in [2.24, 2.45) is 0 Å². The third kappa shape index (κ3) is 3.59. The topological polar surface area (TPSA) is 67.8 Å². The molecule has 1 aliphatic heterocycles. The third-order valence-corrected chi connectivity index (χ3v) is 3.92.